The van der Waals surface area contributed by atoms with Crippen LogP contribution in [0.4, 0.5) is 0 Å². The average Bonchev–Trinajstić information content (AvgIpc) is 2.48. The Balaban J connectivity index is 3.07. The van der Waals surface area contributed by atoms with Crippen LogP contribution in [0.25, 0.3) is 10.9 Å². The van der Waals surface area contributed by atoms with E-state index in [9.17, 15) is 4.79 Å². The zero-order valence-corrected chi connectivity index (χ0v) is 7.09. The first-order valence-corrected chi connectivity index (χ1v) is 3.83. The average molecular weight is 160 g/mol. The molecule has 0 amide bonds. The van der Waals surface area contributed by atoms with Gasteiger partial charge in [-0.1, -0.05) is 5.46 Å². The molecule has 0 saturated heterocycles. The summed E-state index contributed by atoms with van der Waals surface area (Å²) in [7, 11) is 3.76. The Morgan fingerprint density at radius 1 is 1.58 bits per heavy atom. The first kappa shape index (κ1) is 7.22. The minimum atomic E-state index is 0.0283. The lowest BCUT2D eigenvalue weighted by atomic mass is 9.95. The molecule has 0 aromatic carbocycles. The summed E-state index contributed by atoms with van der Waals surface area (Å²) in [5.41, 5.74) is 1.84. The van der Waals surface area contributed by atoms with Gasteiger partial charge in [-0.05, 0) is 6.07 Å². The second-order valence-corrected chi connectivity index (χ2v) is 2.99. The van der Waals surface area contributed by atoms with Gasteiger partial charge in [0.1, 0.15) is 13.4 Å². The maximum Gasteiger partial charge on any atom is 0.274 e. The summed E-state index contributed by atoms with van der Waals surface area (Å²) in [6, 6.07) is 1.92. The molecule has 0 saturated carbocycles. The van der Waals surface area contributed by atoms with E-state index in [0.717, 1.165) is 10.8 Å². The van der Waals surface area contributed by atoms with Crippen molar-refractivity contribution in [1.82, 2.24) is 9.55 Å². The number of aromatic nitrogens is 2. The van der Waals surface area contributed by atoms with E-state index in [-0.39, 0.29) is 5.56 Å². The normalized spacial score (nSPS) is 10.8. The monoisotopic (exact) mass is 160 g/mol. The van der Waals surface area contributed by atoms with E-state index in [1.807, 2.05) is 20.1 Å². The number of hydrogen-bond donors (Lipinski definition) is 1. The molecule has 0 aliphatic heterocycles. The molecular formula is C8H9BN2O. The molecule has 2 aromatic rings. The van der Waals surface area contributed by atoms with Crippen LogP contribution in [-0.2, 0) is 7.05 Å². The van der Waals surface area contributed by atoms with E-state index in [4.69, 9.17) is 0 Å². The summed E-state index contributed by atoms with van der Waals surface area (Å²) in [5, 5.41) is 1.01. The molecule has 0 radical (unpaired) electrons. The number of aromatic amines is 1. The molecule has 2 aromatic heterocycles. The van der Waals surface area contributed by atoms with Gasteiger partial charge in [0, 0.05) is 24.8 Å². The van der Waals surface area contributed by atoms with Crippen LogP contribution in [0.5, 0.6) is 0 Å². The standard InChI is InChI=1S/C8H9BN2O/c1-11-4-6(9)5-2-3-10-7(5)8(11)12/h2-4,10H,9H2,1H3. The van der Waals surface area contributed by atoms with Gasteiger partial charge < -0.3 is 9.55 Å². The fourth-order valence-corrected chi connectivity index (χ4v) is 1.47. The van der Waals surface area contributed by atoms with Gasteiger partial charge in [-0.2, -0.15) is 0 Å². The summed E-state index contributed by atoms with van der Waals surface area (Å²) >= 11 is 0. The number of fused-ring (bicyclic) bond motifs is 1. The third kappa shape index (κ3) is 0.810. The van der Waals surface area contributed by atoms with Crippen molar-refractivity contribution < 1.29 is 0 Å². The SMILES string of the molecule is Bc1cn(C)c(=O)c2[nH]ccc12. The smallest absolute Gasteiger partial charge is 0.274 e. The summed E-state index contributed by atoms with van der Waals surface area (Å²) in [6.07, 6.45) is 3.64. The molecule has 12 heavy (non-hydrogen) atoms. The predicted molar refractivity (Wildman–Crippen MR) is 51.7 cm³/mol. The van der Waals surface area contributed by atoms with Crippen LogP contribution in [0, 0.1) is 0 Å². The van der Waals surface area contributed by atoms with E-state index < -0.39 is 0 Å². The van der Waals surface area contributed by atoms with Gasteiger partial charge in [-0.3, -0.25) is 4.79 Å². The van der Waals surface area contributed by atoms with Crippen molar-refractivity contribution in [3.63, 3.8) is 0 Å². The van der Waals surface area contributed by atoms with Gasteiger partial charge in [0.25, 0.3) is 5.56 Å². The van der Waals surface area contributed by atoms with Crippen LogP contribution in [-0.4, -0.2) is 17.4 Å². The molecule has 0 atom stereocenters. The van der Waals surface area contributed by atoms with Gasteiger partial charge in [0.05, 0.1) is 0 Å². The zero-order valence-electron chi connectivity index (χ0n) is 7.09. The summed E-state index contributed by atoms with van der Waals surface area (Å²) in [4.78, 5) is 14.4. The van der Waals surface area contributed by atoms with Crippen molar-refractivity contribution in [3.05, 3.63) is 28.8 Å². The Labute approximate surface area is 70.4 Å². The highest BCUT2D eigenvalue weighted by Crippen LogP contribution is 2.01. The molecule has 2 rings (SSSR count). The van der Waals surface area contributed by atoms with E-state index in [2.05, 4.69) is 4.98 Å². The lowest BCUT2D eigenvalue weighted by Gasteiger charge is -2.00. The van der Waals surface area contributed by atoms with E-state index >= 15 is 0 Å². The Morgan fingerprint density at radius 3 is 3.08 bits per heavy atom. The van der Waals surface area contributed by atoms with Crippen LogP contribution >= 0.6 is 0 Å². The Kier molecular flexibility index (Phi) is 1.36. The predicted octanol–water partition coefficient (Wildman–Crippen LogP) is -0.875. The van der Waals surface area contributed by atoms with Gasteiger partial charge >= 0.3 is 0 Å². The van der Waals surface area contributed by atoms with Crippen LogP contribution in [0.2, 0.25) is 0 Å². The van der Waals surface area contributed by atoms with Crippen LogP contribution in [0.1, 0.15) is 0 Å². The highest BCUT2D eigenvalue weighted by atomic mass is 16.1. The highest BCUT2D eigenvalue weighted by molar-refractivity contribution is 6.38. The zero-order chi connectivity index (χ0) is 8.72. The summed E-state index contributed by atoms with van der Waals surface area (Å²) < 4.78 is 1.59. The quantitative estimate of drug-likeness (QED) is 0.499. The van der Waals surface area contributed by atoms with E-state index in [0.29, 0.717) is 5.52 Å². The van der Waals surface area contributed by atoms with Gasteiger partial charge in [0.2, 0.25) is 0 Å². The molecule has 0 unspecified atom stereocenters. The second kappa shape index (κ2) is 2.27. The van der Waals surface area contributed by atoms with Crippen molar-refractivity contribution in [1.29, 1.82) is 0 Å². The van der Waals surface area contributed by atoms with Crippen molar-refractivity contribution in [2.24, 2.45) is 7.05 Å². The molecule has 1 N–H and O–H groups in total. The second-order valence-electron chi connectivity index (χ2n) is 2.99. The Hall–Kier alpha value is -1.45. The lowest BCUT2D eigenvalue weighted by Crippen LogP contribution is -2.22. The fraction of sp³-hybridized carbons (Fsp3) is 0.125. The van der Waals surface area contributed by atoms with Crippen molar-refractivity contribution in [2.45, 2.75) is 0 Å². The number of rotatable bonds is 0. The van der Waals surface area contributed by atoms with Gasteiger partial charge in [0.15, 0.2) is 0 Å². The Morgan fingerprint density at radius 2 is 2.33 bits per heavy atom. The topological polar surface area (TPSA) is 37.8 Å². The van der Waals surface area contributed by atoms with Crippen molar-refractivity contribution in [2.75, 3.05) is 0 Å². The number of nitrogens with zero attached hydrogens (tertiary/aromatic N) is 1. The van der Waals surface area contributed by atoms with E-state index in [1.54, 1.807) is 17.8 Å². The molecule has 60 valence electrons. The third-order valence-corrected chi connectivity index (χ3v) is 2.09. The van der Waals surface area contributed by atoms with Crippen LogP contribution in [0.15, 0.2) is 23.3 Å². The molecule has 0 aliphatic rings. The molecule has 0 spiro atoms. The molecule has 2 heterocycles. The molecular weight excluding hydrogens is 151 g/mol. The fourth-order valence-electron chi connectivity index (χ4n) is 1.47. The van der Waals surface area contributed by atoms with Crippen LogP contribution < -0.4 is 11.0 Å². The lowest BCUT2D eigenvalue weighted by molar-refractivity contribution is 0.875. The summed E-state index contributed by atoms with van der Waals surface area (Å²) in [5.74, 6) is 0. The van der Waals surface area contributed by atoms with E-state index in [1.165, 1.54) is 0 Å². The van der Waals surface area contributed by atoms with Gasteiger partial charge in [-0.25, -0.2) is 0 Å². The van der Waals surface area contributed by atoms with Gasteiger partial charge in [-0.15, -0.1) is 0 Å². The minimum absolute atomic E-state index is 0.0283. The Bertz CT molecular complexity index is 483. The number of nitrogens with one attached hydrogen (secondary N) is 1. The third-order valence-electron chi connectivity index (χ3n) is 2.09. The van der Waals surface area contributed by atoms with Crippen molar-refractivity contribution in [3.8, 4) is 0 Å². The molecule has 3 nitrogen and oxygen atoms in total. The number of aryl methyl sites for hydroxylation is 1. The number of hydrogen-bond acceptors (Lipinski definition) is 1. The number of H-pyrrole nitrogens is 1. The molecule has 0 bridgehead atoms. The van der Waals surface area contributed by atoms with Crippen molar-refractivity contribution >= 4 is 24.2 Å². The molecule has 4 heteroatoms. The largest absolute Gasteiger partial charge is 0.357 e. The molecule has 0 aliphatic carbocycles. The maximum absolute atomic E-state index is 11.5. The highest BCUT2D eigenvalue weighted by Gasteiger charge is 2.03. The molecule has 0 fully saturated rings. The summed E-state index contributed by atoms with van der Waals surface area (Å²) in [6.45, 7) is 0. The first-order valence-electron chi connectivity index (χ1n) is 3.83. The van der Waals surface area contributed by atoms with Crippen LogP contribution in [0.3, 0.4) is 0 Å². The maximum atomic E-state index is 11.5. The number of pyridine rings is 1. The first-order chi connectivity index (χ1) is 5.70. The minimum Gasteiger partial charge on any atom is -0.357 e.